The van der Waals surface area contributed by atoms with Gasteiger partial charge in [0, 0.05) is 31.0 Å². The number of carbonyl (C=O) groups is 1. The standard InChI is InChI=1S/C22H33N3OS/c1-3-4-8-17-11-13-19(14-12-17)23-21(26)15-20-16-27-22(25(20)2)24-18-9-6-5-7-10-18/h11-14,18,20H,3-10,15-16H2,1-2H3,(H,23,26). The summed E-state index contributed by atoms with van der Waals surface area (Å²) in [6, 6.07) is 9.01. The molecule has 1 aromatic rings. The average molecular weight is 388 g/mol. The molecule has 1 heterocycles. The van der Waals surface area contributed by atoms with Crippen molar-refractivity contribution in [3.8, 4) is 0 Å². The highest BCUT2D eigenvalue weighted by molar-refractivity contribution is 8.14. The van der Waals surface area contributed by atoms with Crippen molar-refractivity contribution < 1.29 is 4.79 Å². The number of thioether (sulfide) groups is 1. The van der Waals surface area contributed by atoms with Gasteiger partial charge in [0.15, 0.2) is 5.17 Å². The van der Waals surface area contributed by atoms with Crippen LogP contribution in [0.1, 0.15) is 63.9 Å². The van der Waals surface area contributed by atoms with Crippen molar-refractivity contribution in [1.29, 1.82) is 0 Å². The summed E-state index contributed by atoms with van der Waals surface area (Å²) in [5.41, 5.74) is 2.23. The Morgan fingerprint density at radius 1 is 1.22 bits per heavy atom. The molecule has 1 amide bonds. The SMILES string of the molecule is CCCCc1ccc(NC(=O)CC2CSC(=NC3CCCCC3)N2C)cc1. The number of nitrogens with one attached hydrogen (secondary N) is 1. The zero-order valence-electron chi connectivity index (χ0n) is 16.7. The topological polar surface area (TPSA) is 44.7 Å². The number of amidine groups is 1. The highest BCUT2D eigenvalue weighted by Crippen LogP contribution is 2.28. The molecule has 3 rings (SSSR count). The summed E-state index contributed by atoms with van der Waals surface area (Å²) in [7, 11) is 2.09. The van der Waals surface area contributed by atoms with E-state index in [0.29, 0.717) is 12.5 Å². The number of hydrogen-bond acceptors (Lipinski definition) is 3. The van der Waals surface area contributed by atoms with Crippen molar-refractivity contribution in [2.45, 2.75) is 76.8 Å². The van der Waals surface area contributed by atoms with E-state index in [4.69, 9.17) is 4.99 Å². The Labute approximate surface area is 168 Å². The normalized spacial score (nSPS) is 22.4. The number of hydrogen-bond donors (Lipinski definition) is 1. The van der Waals surface area contributed by atoms with Crippen LogP contribution < -0.4 is 5.32 Å². The molecule has 2 aliphatic rings. The first kappa shape index (κ1) is 20.2. The van der Waals surface area contributed by atoms with Crippen molar-refractivity contribution in [3.05, 3.63) is 29.8 Å². The van der Waals surface area contributed by atoms with Gasteiger partial charge in [0.25, 0.3) is 0 Å². The van der Waals surface area contributed by atoms with Gasteiger partial charge in [0.2, 0.25) is 5.91 Å². The third-order valence-corrected chi connectivity index (χ3v) is 6.80. The van der Waals surface area contributed by atoms with Crippen LogP contribution in [-0.2, 0) is 11.2 Å². The van der Waals surface area contributed by atoms with E-state index in [1.54, 1.807) is 11.8 Å². The van der Waals surface area contributed by atoms with Gasteiger partial charge in [0.05, 0.1) is 6.04 Å². The summed E-state index contributed by atoms with van der Waals surface area (Å²) in [6.07, 6.45) is 10.4. The van der Waals surface area contributed by atoms with E-state index in [9.17, 15) is 4.79 Å². The number of anilines is 1. The number of unbranched alkanes of at least 4 members (excludes halogenated alkanes) is 1. The average Bonchev–Trinajstić information content (AvgIpc) is 3.01. The molecule has 4 nitrogen and oxygen atoms in total. The molecule has 1 unspecified atom stereocenters. The maximum Gasteiger partial charge on any atom is 0.226 e. The highest BCUT2D eigenvalue weighted by Gasteiger charge is 2.29. The van der Waals surface area contributed by atoms with Gasteiger partial charge < -0.3 is 10.2 Å². The van der Waals surface area contributed by atoms with Crippen LogP contribution in [0.5, 0.6) is 0 Å². The minimum atomic E-state index is 0.0904. The molecular weight excluding hydrogens is 354 g/mol. The van der Waals surface area contributed by atoms with Gasteiger partial charge in [-0.15, -0.1) is 0 Å². The lowest BCUT2D eigenvalue weighted by Gasteiger charge is -2.23. The van der Waals surface area contributed by atoms with Gasteiger partial charge in [-0.1, -0.05) is 56.5 Å². The fourth-order valence-corrected chi connectivity index (χ4v) is 5.05. The van der Waals surface area contributed by atoms with Crippen molar-refractivity contribution in [1.82, 2.24) is 4.90 Å². The number of amides is 1. The van der Waals surface area contributed by atoms with Crippen LogP contribution in [0.4, 0.5) is 5.69 Å². The second-order valence-corrected chi connectivity index (χ2v) is 8.82. The first-order chi connectivity index (χ1) is 13.2. The predicted molar refractivity (Wildman–Crippen MR) is 117 cm³/mol. The van der Waals surface area contributed by atoms with Crippen molar-refractivity contribution >= 4 is 28.5 Å². The van der Waals surface area contributed by atoms with Crippen LogP contribution in [0, 0.1) is 0 Å². The minimum Gasteiger partial charge on any atom is -0.350 e. The van der Waals surface area contributed by atoms with E-state index >= 15 is 0 Å². The summed E-state index contributed by atoms with van der Waals surface area (Å²) >= 11 is 1.81. The highest BCUT2D eigenvalue weighted by atomic mass is 32.2. The third-order valence-electron chi connectivity index (χ3n) is 5.60. The van der Waals surface area contributed by atoms with Gasteiger partial charge >= 0.3 is 0 Å². The maximum atomic E-state index is 12.5. The van der Waals surface area contributed by atoms with Crippen molar-refractivity contribution in [2.75, 3.05) is 18.1 Å². The van der Waals surface area contributed by atoms with Crippen molar-refractivity contribution in [2.24, 2.45) is 4.99 Å². The Morgan fingerprint density at radius 2 is 1.96 bits per heavy atom. The Morgan fingerprint density at radius 3 is 2.67 bits per heavy atom. The first-order valence-corrected chi connectivity index (χ1v) is 11.5. The molecule has 1 N–H and O–H groups in total. The summed E-state index contributed by atoms with van der Waals surface area (Å²) in [4.78, 5) is 19.7. The van der Waals surface area contributed by atoms with E-state index in [1.807, 2.05) is 12.1 Å². The predicted octanol–water partition coefficient (Wildman–Crippen LogP) is 5.09. The molecule has 1 aromatic carbocycles. The molecule has 5 heteroatoms. The molecule has 1 saturated heterocycles. The summed E-state index contributed by atoms with van der Waals surface area (Å²) in [6.45, 7) is 2.21. The second kappa shape index (κ2) is 10.2. The van der Waals surface area contributed by atoms with Gasteiger partial charge in [-0.05, 0) is 43.4 Å². The zero-order chi connectivity index (χ0) is 19.1. The van der Waals surface area contributed by atoms with Crippen LogP contribution in [0.3, 0.4) is 0 Å². The van der Waals surface area contributed by atoms with E-state index in [-0.39, 0.29) is 11.9 Å². The maximum absolute atomic E-state index is 12.5. The third kappa shape index (κ3) is 6.00. The molecule has 0 bridgehead atoms. The molecule has 0 aromatic heterocycles. The Balaban J connectivity index is 1.48. The van der Waals surface area contributed by atoms with Crippen molar-refractivity contribution in [3.63, 3.8) is 0 Å². The smallest absolute Gasteiger partial charge is 0.226 e. The Hall–Kier alpha value is -1.49. The Bertz CT molecular complexity index is 637. The van der Waals surface area contributed by atoms with Crippen LogP contribution in [0.25, 0.3) is 0 Å². The lowest BCUT2D eigenvalue weighted by atomic mass is 9.96. The van der Waals surface area contributed by atoms with E-state index in [1.165, 1.54) is 50.5 Å². The summed E-state index contributed by atoms with van der Waals surface area (Å²) < 4.78 is 0. The van der Waals surface area contributed by atoms with Crippen LogP contribution >= 0.6 is 11.8 Å². The van der Waals surface area contributed by atoms with Crippen LogP contribution in [0.2, 0.25) is 0 Å². The van der Waals surface area contributed by atoms with Crippen LogP contribution in [-0.4, -0.2) is 40.9 Å². The van der Waals surface area contributed by atoms with E-state index in [2.05, 4.69) is 36.3 Å². The van der Waals surface area contributed by atoms with Gasteiger partial charge in [-0.3, -0.25) is 9.79 Å². The molecule has 27 heavy (non-hydrogen) atoms. The molecule has 2 fully saturated rings. The molecule has 0 spiro atoms. The molecule has 1 atom stereocenters. The number of benzene rings is 1. The number of aliphatic imine (C=N–C) groups is 1. The molecule has 1 saturated carbocycles. The van der Waals surface area contributed by atoms with Gasteiger partial charge in [-0.25, -0.2) is 0 Å². The fraction of sp³-hybridized carbons (Fsp3) is 0.636. The minimum absolute atomic E-state index is 0.0904. The van der Waals surface area contributed by atoms with E-state index < -0.39 is 0 Å². The molecule has 148 valence electrons. The number of aryl methyl sites for hydroxylation is 1. The monoisotopic (exact) mass is 387 g/mol. The molecule has 1 aliphatic carbocycles. The molecular formula is C22H33N3OS. The summed E-state index contributed by atoms with van der Waals surface area (Å²) in [5.74, 6) is 1.04. The Kier molecular flexibility index (Phi) is 7.62. The first-order valence-electron chi connectivity index (χ1n) is 10.5. The largest absolute Gasteiger partial charge is 0.350 e. The fourth-order valence-electron chi connectivity index (χ4n) is 3.79. The van der Waals surface area contributed by atoms with E-state index in [0.717, 1.165) is 23.0 Å². The number of carbonyl (C=O) groups excluding carboxylic acids is 1. The van der Waals surface area contributed by atoms with Crippen LogP contribution in [0.15, 0.2) is 29.3 Å². The van der Waals surface area contributed by atoms with Gasteiger partial charge in [-0.2, -0.15) is 0 Å². The van der Waals surface area contributed by atoms with Gasteiger partial charge in [0.1, 0.15) is 0 Å². The number of rotatable bonds is 7. The quantitative estimate of drug-likeness (QED) is 0.708. The molecule has 0 radical (unpaired) electrons. The zero-order valence-corrected chi connectivity index (χ0v) is 17.6. The number of nitrogens with zero attached hydrogens (tertiary/aromatic N) is 2. The summed E-state index contributed by atoms with van der Waals surface area (Å²) in [5, 5.41) is 4.18. The molecule has 1 aliphatic heterocycles. The second-order valence-electron chi connectivity index (χ2n) is 7.83. The lowest BCUT2D eigenvalue weighted by Crippen LogP contribution is -2.34. The lowest BCUT2D eigenvalue weighted by molar-refractivity contribution is -0.116.